The van der Waals surface area contributed by atoms with E-state index in [2.05, 4.69) is 15.0 Å². The third kappa shape index (κ3) is 6.64. The molecule has 0 fully saturated rings. The van der Waals surface area contributed by atoms with Crippen molar-refractivity contribution in [3.8, 4) is 0 Å². The zero-order valence-electron chi connectivity index (χ0n) is 17.9. The average molecular weight is 482 g/mol. The SMILES string of the molecule is NC(N)=Nc1cccc(C(=O)Nc2ccc(C[C@H](NS(=O)(=O)c3ccccc3)C(=O)O)cc2)c1. The Morgan fingerprint density at radius 1 is 0.941 bits per heavy atom. The van der Waals surface area contributed by atoms with Gasteiger partial charge in [-0.1, -0.05) is 36.4 Å². The number of carboxylic acid groups (broad SMARTS) is 1. The number of nitrogens with two attached hydrogens (primary N) is 2. The maximum atomic E-state index is 12.5. The highest BCUT2D eigenvalue weighted by Crippen LogP contribution is 2.17. The van der Waals surface area contributed by atoms with Gasteiger partial charge in [0.15, 0.2) is 5.96 Å². The zero-order valence-corrected chi connectivity index (χ0v) is 18.7. The molecule has 0 bridgehead atoms. The van der Waals surface area contributed by atoms with Crippen LogP contribution >= 0.6 is 0 Å². The lowest BCUT2D eigenvalue weighted by Gasteiger charge is -2.15. The number of nitrogens with one attached hydrogen (secondary N) is 2. The van der Waals surface area contributed by atoms with Gasteiger partial charge in [-0.05, 0) is 54.4 Å². The molecule has 7 N–H and O–H groups in total. The van der Waals surface area contributed by atoms with E-state index in [1.54, 1.807) is 60.7 Å². The van der Waals surface area contributed by atoms with Crippen LogP contribution in [-0.4, -0.2) is 37.4 Å². The molecule has 0 aromatic heterocycles. The Morgan fingerprint density at radius 3 is 2.24 bits per heavy atom. The smallest absolute Gasteiger partial charge is 0.322 e. The van der Waals surface area contributed by atoms with Crippen LogP contribution < -0.4 is 21.5 Å². The summed E-state index contributed by atoms with van der Waals surface area (Å²) in [4.78, 5) is 28.1. The Labute approximate surface area is 196 Å². The number of carboxylic acids is 1. The van der Waals surface area contributed by atoms with E-state index >= 15 is 0 Å². The molecule has 3 aromatic carbocycles. The molecule has 0 saturated heterocycles. The number of anilines is 1. The van der Waals surface area contributed by atoms with Gasteiger partial charge >= 0.3 is 5.97 Å². The molecule has 11 heteroatoms. The van der Waals surface area contributed by atoms with Gasteiger partial charge in [-0.15, -0.1) is 0 Å². The van der Waals surface area contributed by atoms with Crippen molar-refractivity contribution in [2.75, 3.05) is 5.32 Å². The molecular weight excluding hydrogens is 458 g/mol. The molecule has 3 rings (SSSR count). The Balaban J connectivity index is 1.68. The first-order chi connectivity index (χ1) is 16.1. The molecule has 0 aliphatic carbocycles. The molecule has 0 aliphatic heterocycles. The van der Waals surface area contributed by atoms with Gasteiger partial charge < -0.3 is 21.9 Å². The first kappa shape index (κ1) is 24.4. The Kier molecular flexibility index (Phi) is 7.61. The summed E-state index contributed by atoms with van der Waals surface area (Å²) in [7, 11) is -4.00. The van der Waals surface area contributed by atoms with Gasteiger partial charge in [0.05, 0.1) is 10.6 Å². The van der Waals surface area contributed by atoms with Crippen LogP contribution in [0.2, 0.25) is 0 Å². The van der Waals surface area contributed by atoms with Crippen molar-refractivity contribution in [3.05, 3.63) is 90.0 Å². The van der Waals surface area contributed by atoms with E-state index in [9.17, 15) is 23.1 Å². The summed E-state index contributed by atoms with van der Waals surface area (Å²) in [6, 6.07) is 19.0. The van der Waals surface area contributed by atoms with Crippen LogP contribution in [0, 0.1) is 0 Å². The highest BCUT2D eigenvalue weighted by atomic mass is 32.2. The number of rotatable bonds is 9. The molecule has 10 nitrogen and oxygen atoms in total. The predicted octanol–water partition coefficient (Wildman–Crippen LogP) is 1.82. The van der Waals surface area contributed by atoms with Crippen molar-refractivity contribution in [1.29, 1.82) is 0 Å². The van der Waals surface area contributed by atoms with Gasteiger partial charge in [0.1, 0.15) is 6.04 Å². The van der Waals surface area contributed by atoms with Gasteiger partial charge in [0.2, 0.25) is 10.0 Å². The Bertz CT molecular complexity index is 1310. The van der Waals surface area contributed by atoms with Crippen molar-refractivity contribution in [2.45, 2.75) is 17.4 Å². The van der Waals surface area contributed by atoms with E-state index in [4.69, 9.17) is 11.5 Å². The fourth-order valence-corrected chi connectivity index (χ4v) is 4.27. The van der Waals surface area contributed by atoms with E-state index in [1.165, 1.54) is 18.2 Å². The quantitative estimate of drug-likeness (QED) is 0.228. The van der Waals surface area contributed by atoms with E-state index < -0.39 is 22.0 Å². The highest BCUT2D eigenvalue weighted by molar-refractivity contribution is 7.89. The van der Waals surface area contributed by atoms with Crippen molar-refractivity contribution >= 4 is 39.2 Å². The lowest BCUT2D eigenvalue weighted by Crippen LogP contribution is -2.42. The van der Waals surface area contributed by atoms with Crippen LogP contribution in [0.5, 0.6) is 0 Å². The average Bonchev–Trinajstić information content (AvgIpc) is 2.80. The van der Waals surface area contributed by atoms with Gasteiger partial charge in [-0.25, -0.2) is 13.4 Å². The fourth-order valence-electron chi connectivity index (χ4n) is 3.06. The van der Waals surface area contributed by atoms with E-state index in [1.807, 2.05) is 0 Å². The van der Waals surface area contributed by atoms with E-state index in [0.29, 0.717) is 22.5 Å². The lowest BCUT2D eigenvalue weighted by molar-refractivity contribution is -0.138. The number of aliphatic imine (C=N–C) groups is 1. The maximum absolute atomic E-state index is 12.5. The molecule has 0 heterocycles. The minimum Gasteiger partial charge on any atom is -0.480 e. The van der Waals surface area contributed by atoms with Gasteiger partial charge in [-0.3, -0.25) is 9.59 Å². The number of aliphatic carboxylic acids is 1. The van der Waals surface area contributed by atoms with Crippen LogP contribution in [0.3, 0.4) is 0 Å². The minimum atomic E-state index is -4.00. The Morgan fingerprint density at radius 2 is 1.62 bits per heavy atom. The number of hydrogen-bond acceptors (Lipinski definition) is 5. The molecule has 0 aliphatic rings. The third-order valence-corrected chi connectivity index (χ3v) is 6.15. The van der Waals surface area contributed by atoms with Gasteiger partial charge in [0.25, 0.3) is 5.91 Å². The lowest BCUT2D eigenvalue weighted by atomic mass is 10.1. The molecule has 0 unspecified atom stereocenters. The molecule has 176 valence electrons. The molecule has 1 amide bonds. The summed E-state index contributed by atoms with van der Waals surface area (Å²) in [6.07, 6.45) is -0.0871. The predicted molar refractivity (Wildman–Crippen MR) is 128 cm³/mol. The summed E-state index contributed by atoms with van der Waals surface area (Å²) in [5.74, 6) is -1.82. The second kappa shape index (κ2) is 10.6. The normalized spacial score (nSPS) is 11.9. The molecule has 1 atom stereocenters. The minimum absolute atomic E-state index is 0.0248. The summed E-state index contributed by atoms with van der Waals surface area (Å²) in [6.45, 7) is 0. The van der Waals surface area contributed by atoms with Gasteiger partial charge in [-0.2, -0.15) is 4.72 Å². The van der Waals surface area contributed by atoms with Crippen LogP contribution in [0.15, 0.2) is 88.8 Å². The number of carbonyl (C=O) groups is 2. The van der Waals surface area contributed by atoms with Crippen LogP contribution in [0.4, 0.5) is 11.4 Å². The van der Waals surface area contributed by atoms with Crippen molar-refractivity contribution in [1.82, 2.24) is 4.72 Å². The van der Waals surface area contributed by atoms with Crippen LogP contribution in [-0.2, 0) is 21.2 Å². The summed E-state index contributed by atoms with van der Waals surface area (Å²) >= 11 is 0. The number of carbonyl (C=O) groups excluding carboxylic acids is 1. The largest absolute Gasteiger partial charge is 0.480 e. The van der Waals surface area contributed by atoms with E-state index in [0.717, 1.165) is 0 Å². The summed E-state index contributed by atoms with van der Waals surface area (Å²) < 4.78 is 27.2. The second-order valence-corrected chi connectivity index (χ2v) is 8.98. The van der Waals surface area contributed by atoms with Crippen LogP contribution in [0.1, 0.15) is 15.9 Å². The summed E-state index contributed by atoms with van der Waals surface area (Å²) in [5.41, 5.74) is 12.5. The third-order valence-electron chi connectivity index (χ3n) is 4.67. The molecule has 0 spiro atoms. The second-order valence-electron chi connectivity index (χ2n) is 7.27. The first-order valence-corrected chi connectivity index (χ1v) is 11.5. The zero-order chi connectivity index (χ0) is 24.7. The number of guanidine groups is 1. The number of nitrogens with zero attached hydrogens (tertiary/aromatic N) is 1. The highest BCUT2D eigenvalue weighted by Gasteiger charge is 2.25. The Hall–Kier alpha value is -4.22. The fraction of sp³-hybridized carbons (Fsp3) is 0.0870. The number of hydrogen-bond donors (Lipinski definition) is 5. The number of sulfonamides is 1. The molecule has 0 saturated carbocycles. The molecule has 3 aromatic rings. The number of benzene rings is 3. The summed E-state index contributed by atoms with van der Waals surface area (Å²) in [5, 5.41) is 12.2. The standard InChI is InChI=1S/C23H23N5O5S/c24-23(25)27-18-6-4-5-16(14-18)21(29)26-17-11-9-15(10-12-17)13-20(22(30)31)28-34(32,33)19-7-2-1-3-8-19/h1-12,14,20,28H,13H2,(H,26,29)(H,30,31)(H4,24,25,27)/t20-/m0/s1. The topological polar surface area (TPSA) is 177 Å². The van der Waals surface area contributed by atoms with E-state index in [-0.39, 0.29) is 23.2 Å². The first-order valence-electron chi connectivity index (χ1n) is 10.0. The number of amides is 1. The molecule has 34 heavy (non-hydrogen) atoms. The van der Waals surface area contributed by atoms with Crippen molar-refractivity contribution in [3.63, 3.8) is 0 Å². The molecular formula is C23H23N5O5S. The van der Waals surface area contributed by atoms with Crippen molar-refractivity contribution in [2.24, 2.45) is 16.5 Å². The maximum Gasteiger partial charge on any atom is 0.322 e. The van der Waals surface area contributed by atoms with Crippen LogP contribution in [0.25, 0.3) is 0 Å². The van der Waals surface area contributed by atoms with Crippen molar-refractivity contribution < 1.29 is 23.1 Å². The molecule has 0 radical (unpaired) electrons. The van der Waals surface area contributed by atoms with Gasteiger partial charge in [0, 0.05) is 11.3 Å². The monoisotopic (exact) mass is 481 g/mol.